The first-order valence-electron chi connectivity index (χ1n) is 5.70. The van der Waals surface area contributed by atoms with Crippen LogP contribution in [0.1, 0.15) is 26.3 Å². The molecule has 90 valence electrons. The Morgan fingerprint density at radius 2 is 2.00 bits per heavy atom. The summed E-state index contributed by atoms with van der Waals surface area (Å²) in [6.07, 6.45) is 3.59. The smallest absolute Gasteiger partial charge is 0.157 e. The van der Waals surface area contributed by atoms with Crippen LogP contribution in [-0.2, 0) is 5.41 Å². The molecule has 0 saturated heterocycles. The number of rotatable bonds is 2. The normalized spacial score (nSPS) is 11.5. The third kappa shape index (κ3) is 2.49. The Labute approximate surface area is 102 Å². The van der Waals surface area contributed by atoms with E-state index in [1.807, 2.05) is 16.9 Å². The molecule has 0 saturated carbocycles. The maximum atomic E-state index is 5.13. The molecule has 0 N–H and O–H groups in total. The molecule has 17 heavy (non-hydrogen) atoms. The van der Waals surface area contributed by atoms with Gasteiger partial charge in [0.05, 0.1) is 25.2 Å². The zero-order valence-electron chi connectivity index (χ0n) is 10.8. The third-order valence-electron chi connectivity index (χ3n) is 2.77. The van der Waals surface area contributed by atoms with Crippen molar-refractivity contribution >= 4 is 0 Å². The number of hydrogen-bond donors (Lipinski definition) is 0. The van der Waals surface area contributed by atoms with Crippen LogP contribution in [0.15, 0.2) is 36.7 Å². The average molecular weight is 230 g/mol. The maximum Gasteiger partial charge on any atom is 0.157 e. The van der Waals surface area contributed by atoms with E-state index in [1.165, 1.54) is 5.56 Å². The van der Waals surface area contributed by atoms with Crippen LogP contribution in [0.25, 0.3) is 5.69 Å². The molecule has 2 aromatic rings. The predicted molar refractivity (Wildman–Crippen MR) is 68.8 cm³/mol. The fourth-order valence-corrected chi connectivity index (χ4v) is 1.67. The molecular weight excluding hydrogens is 212 g/mol. The topological polar surface area (TPSA) is 27.1 Å². The zero-order chi connectivity index (χ0) is 12.5. The monoisotopic (exact) mass is 230 g/mol. The van der Waals surface area contributed by atoms with Gasteiger partial charge < -0.3 is 4.74 Å². The first kappa shape index (κ1) is 11.7. The second-order valence-electron chi connectivity index (χ2n) is 5.13. The van der Waals surface area contributed by atoms with E-state index in [0.717, 1.165) is 11.4 Å². The van der Waals surface area contributed by atoms with Gasteiger partial charge in [-0.1, -0.05) is 32.9 Å². The van der Waals surface area contributed by atoms with Crippen molar-refractivity contribution in [2.75, 3.05) is 7.11 Å². The minimum absolute atomic E-state index is 0.146. The van der Waals surface area contributed by atoms with Gasteiger partial charge in [0.1, 0.15) is 0 Å². The minimum Gasteiger partial charge on any atom is -0.493 e. The van der Waals surface area contributed by atoms with E-state index >= 15 is 0 Å². The largest absolute Gasteiger partial charge is 0.493 e. The molecule has 0 amide bonds. The summed E-state index contributed by atoms with van der Waals surface area (Å²) in [5.74, 6) is 0.770. The van der Waals surface area contributed by atoms with E-state index in [9.17, 15) is 0 Å². The van der Waals surface area contributed by atoms with Gasteiger partial charge in [0.15, 0.2) is 5.75 Å². The van der Waals surface area contributed by atoms with E-state index < -0.39 is 0 Å². The van der Waals surface area contributed by atoms with Crippen LogP contribution in [0.3, 0.4) is 0 Å². The molecule has 0 aliphatic heterocycles. The molecule has 0 atom stereocenters. The summed E-state index contributed by atoms with van der Waals surface area (Å²) in [4.78, 5) is 0. The van der Waals surface area contributed by atoms with E-state index in [2.05, 4.69) is 44.1 Å². The van der Waals surface area contributed by atoms with Gasteiger partial charge >= 0.3 is 0 Å². The lowest BCUT2D eigenvalue weighted by molar-refractivity contribution is 0.414. The minimum atomic E-state index is 0.146. The molecule has 0 aliphatic carbocycles. The fourth-order valence-electron chi connectivity index (χ4n) is 1.67. The summed E-state index contributed by atoms with van der Waals surface area (Å²) >= 11 is 0. The number of hydrogen-bond acceptors (Lipinski definition) is 2. The molecule has 3 nitrogen and oxygen atoms in total. The second-order valence-corrected chi connectivity index (χ2v) is 5.13. The van der Waals surface area contributed by atoms with Gasteiger partial charge in [-0.2, -0.15) is 5.10 Å². The highest BCUT2D eigenvalue weighted by Crippen LogP contribution is 2.24. The first-order valence-corrected chi connectivity index (χ1v) is 5.70. The van der Waals surface area contributed by atoms with Crippen molar-refractivity contribution < 1.29 is 4.74 Å². The zero-order valence-corrected chi connectivity index (χ0v) is 10.8. The third-order valence-corrected chi connectivity index (χ3v) is 2.77. The van der Waals surface area contributed by atoms with Crippen LogP contribution in [0.4, 0.5) is 0 Å². The van der Waals surface area contributed by atoms with E-state index in [-0.39, 0.29) is 5.41 Å². The van der Waals surface area contributed by atoms with Crippen LogP contribution in [0.2, 0.25) is 0 Å². The van der Waals surface area contributed by atoms with Crippen LogP contribution in [-0.4, -0.2) is 16.9 Å². The molecule has 0 spiro atoms. The van der Waals surface area contributed by atoms with Crippen LogP contribution < -0.4 is 4.74 Å². The Hall–Kier alpha value is -1.77. The van der Waals surface area contributed by atoms with Crippen LogP contribution >= 0.6 is 0 Å². The lowest BCUT2D eigenvalue weighted by Gasteiger charge is -2.19. The Morgan fingerprint density at radius 3 is 2.59 bits per heavy atom. The highest BCUT2D eigenvalue weighted by Gasteiger charge is 2.14. The van der Waals surface area contributed by atoms with Gasteiger partial charge in [-0.05, 0) is 23.1 Å². The van der Waals surface area contributed by atoms with Gasteiger partial charge in [-0.15, -0.1) is 0 Å². The maximum absolute atomic E-state index is 5.13. The fraction of sp³-hybridized carbons (Fsp3) is 0.357. The van der Waals surface area contributed by atoms with Crippen LogP contribution in [0, 0.1) is 0 Å². The van der Waals surface area contributed by atoms with Gasteiger partial charge in [0.25, 0.3) is 0 Å². The number of aromatic nitrogens is 2. The molecule has 0 unspecified atom stereocenters. The quantitative estimate of drug-likeness (QED) is 0.792. The molecule has 2 rings (SSSR count). The molecule has 1 heterocycles. The molecule has 3 heteroatoms. The van der Waals surface area contributed by atoms with E-state index in [4.69, 9.17) is 4.74 Å². The molecular formula is C14H18N2O. The molecule has 0 fully saturated rings. The summed E-state index contributed by atoms with van der Waals surface area (Å²) in [5, 5.41) is 4.27. The van der Waals surface area contributed by atoms with Crippen molar-refractivity contribution in [3.05, 3.63) is 42.2 Å². The Bertz CT molecular complexity index is 509. The molecule has 0 bridgehead atoms. The van der Waals surface area contributed by atoms with Crippen LogP contribution in [0.5, 0.6) is 5.75 Å². The van der Waals surface area contributed by atoms with E-state index in [1.54, 1.807) is 13.3 Å². The Balaban J connectivity index is 2.39. The summed E-state index contributed by atoms with van der Waals surface area (Å²) < 4.78 is 6.96. The summed E-state index contributed by atoms with van der Waals surface area (Å²) in [6.45, 7) is 6.61. The van der Waals surface area contributed by atoms with Crippen molar-refractivity contribution in [1.29, 1.82) is 0 Å². The first-order chi connectivity index (χ1) is 8.00. The van der Waals surface area contributed by atoms with Crippen molar-refractivity contribution in [3.63, 3.8) is 0 Å². The number of ether oxygens (including phenoxy) is 1. The average Bonchev–Trinajstić information content (AvgIpc) is 2.76. The number of nitrogens with zero attached hydrogens (tertiary/aromatic N) is 2. The van der Waals surface area contributed by atoms with Gasteiger partial charge in [0, 0.05) is 0 Å². The lowest BCUT2D eigenvalue weighted by Crippen LogP contribution is -2.11. The summed E-state index contributed by atoms with van der Waals surface area (Å²) in [5.41, 5.74) is 2.50. The van der Waals surface area contributed by atoms with Gasteiger partial charge in [0.2, 0.25) is 0 Å². The molecule has 0 aliphatic rings. The highest BCUT2D eigenvalue weighted by molar-refractivity contribution is 5.38. The van der Waals surface area contributed by atoms with Crippen molar-refractivity contribution in [1.82, 2.24) is 9.78 Å². The Morgan fingerprint density at radius 1 is 1.24 bits per heavy atom. The number of methoxy groups -OCH3 is 1. The van der Waals surface area contributed by atoms with Gasteiger partial charge in [-0.25, -0.2) is 4.68 Å². The predicted octanol–water partition coefficient (Wildman–Crippen LogP) is 3.18. The second kappa shape index (κ2) is 4.24. The van der Waals surface area contributed by atoms with Gasteiger partial charge in [-0.3, -0.25) is 0 Å². The standard InChI is InChI=1S/C14H18N2O/c1-14(2,3)11-6-5-7-12(8-11)16-10-13(17-4)9-15-16/h5-10H,1-4H3. The lowest BCUT2D eigenvalue weighted by atomic mass is 9.87. The molecule has 1 aromatic heterocycles. The van der Waals surface area contributed by atoms with Crippen molar-refractivity contribution in [2.24, 2.45) is 0 Å². The van der Waals surface area contributed by atoms with Crippen molar-refractivity contribution in [3.8, 4) is 11.4 Å². The Kier molecular flexibility index (Phi) is 2.92. The molecule has 1 aromatic carbocycles. The summed E-state index contributed by atoms with van der Waals surface area (Å²) in [7, 11) is 1.65. The highest BCUT2D eigenvalue weighted by atomic mass is 16.5. The van der Waals surface area contributed by atoms with Crippen molar-refractivity contribution in [2.45, 2.75) is 26.2 Å². The molecule has 0 radical (unpaired) electrons. The number of benzene rings is 1. The van der Waals surface area contributed by atoms with E-state index in [0.29, 0.717) is 0 Å². The SMILES string of the molecule is COc1cnn(-c2cccc(C(C)(C)C)c2)c1. The summed E-state index contributed by atoms with van der Waals surface area (Å²) in [6, 6.07) is 8.41.